The van der Waals surface area contributed by atoms with E-state index in [1.165, 1.54) is 0 Å². The van der Waals surface area contributed by atoms with Gasteiger partial charge in [0, 0.05) is 0 Å². The minimum absolute atomic E-state index is 1.31. The van der Waals surface area contributed by atoms with E-state index in [0.717, 1.165) is 0 Å². The lowest BCUT2D eigenvalue weighted by molar-refractivity contribution is -0.163. The Hall–Kier alpha value is -0.430. The van der Waals surface area contributed by atoms with Crippen LogP contribution < -0.4 is 0 Å². The molecule has 15 heteroatoms. The summed E-state index contributed by atoms with van der Waals surface area (Å²) in [5.74, 6) is -1.97. The molecule has 0 amide bonds. The molecule has 8 N–H and O–H groups in total. The number of aliphatic hydroxyl groups excluding tert-OH is 3. The first-order valence-electron chi connectivity index (χ1n) is 4.95. The van der Waals surface area contributed by atoms with E-state index in [1.807, 2.05) is 0 Å². The number of aliphatic carboxylic acids is 1. The molecule has 126 valence electrons. The molecule has 0 fully saturated rings. The van der Waals surface area contributed by atoms with E-state index in [1.54, 1.807) is 0 Å². The zero-order valence-corrected chi connectivity index (χ0v) is 11.8. The maximum absolute atomic E-state index is 10.6. The van der Waals surface area contributed by atoms with Crippen LogP contribution in [0, 0.1) is 0 Å². The van der Waals surface area contributed by atoms with Gasteiger partial charge in [0.1, 0.15) is 18.3 Å². The largest absolute Gasteiger partial charge is 0.479 e. The molecular weight excluding hydrogens is 342 g/mol. The first-order chi connectivity index (χ1) is 9.24. The van der Waals surface area contributed by atoms with Crippen molar-refractivity contribution in [1.82, 2.24) is 0 Å². The summed E-state index contributed by atoms with van der Waals surface area (Å²) in [5, 5.41) is 36.2. The van der Waals surface area contributed by atoms with Gasteiger partial charge in [-0.25, -0.2) is 13.9 Å². The van der Waals surface area contributed by atoms with E-state index >= 15 is 0 Å². The lowest BCUT2D eigenvalue weighted by Crippen LogP contribution is -2.49. The fourth-order valence-electron chi connectivity index (χ4n) is 1.09. The average Bonchev–Trinajstić information content (AvgIpc) is 2.29. The maximum atomic E-state index is 10.6. The zero-order valence-electron chi connectivity index (χ0n) is 10.0. The first kappa shape index (κ1) is 20.6. The van der Waals surface area contributed by atoms with Crippen LogP contribution in [0.25, 0.3) is 0 Å². The molecule has 0 rings (SSSR count). The molecular formula is C6H14O13P2. The predicted octanol–water partition coefficient (Wildman–Crippen LogP) is -3.26. The van der Waals surface area contributed by atoms with Crippen LogP contribution in [0.4, 0.5) is 0 Å². The number of phosphoric acid groups is 2. The quantitative estimate of drug-likeness (QED) is 0.190. The summed E-state index contributed by atoms with van der Waals surface area (Å²) in [7, 11) is -10.4. The molecule has 0 aliphatic carbocycles. The summed E-state index contributed by atoms with van der Waals surface area (Å²) in [5.41, 5.74) is 0. The van der Waals surface area contributed by atoms with Crippen LogP contribution in [-0.4, -0.2) is 77.0 Å². The highest BCUT2D eigenvalue weighted by Gasteiger charge is 2.39. The van der Waals surface area contributed by atoms with Gasteiger partial charge in [-0.2, -0.15) is 0 Å². The van der Waals surface area contributed by atoms with Crippen molar-refractivity contribution in [2.24, 2.45) is 0 Å². The van der Waals surface area contributed by atoms with E-state index in [0.29, 0.717) is 0 Å². The number of carboxylic acid groups (broad SMARTS) is 1. The first-order valence-corrected chi connectivity index (χ1v) is 8.01. The van der Waals surface area contributed by atoms with Gasteiger partial charge >= 0.3 is 21.6 Å². The summed E-state index contributed by atoms with van der Waals surface area (Å²) in [6.07, 6.45) is -9.69. The number of carbonyl (C=O) groups is 1. The standard InChI is InChI=1S/C6H14O13P2/c7-3(4(8)5(9)6(10)11)2(19-21(15,16)17)1-18-20(12,13)14/h2-5,7-9H,1H2,(H,10,11)(H2,12,13,14)(H2,15,16,17)/t2-,3-,4+,5-/m1/s1. The van der Waals surface area contributed by atoms with Crippen LogP contribution in [0.3, 0.4) is 0 Å². The summed E-state index contributed by atoms with van der Waals surface area (Å²) in [6.45, 7) is -1.31. The lowest BCUT2D eigenvalue weighted by atomic mass is 10.0. The van der Waals surface area contributed by atoms with Crippen molar-refractivity contribution in [1.29, 1.82) is 0 Å². The molecule has 0 aliphatic rings. The third-order valence-corrected chi connectivity index (χ3v) is 3.02. The molecule has 4 atom stereocenters. The Kier molecular flexibility index (Phi) is 7.56. The molecule has 0 saturated carbocycles. The van der Waals surface area contributed by atoms with Gasteiger partial charge in [0.2, 0.25) is 0 Å². The summed E-state index contributed by atoms with van der Waals surface area (Å²) >= 11 is 0. The van der Waals surface area contributed by atoms with Crippen molar-refractivity contribution >= 4 is 21.6 Å². The van der Waals surface area contributed by atoms with Crippen LogP contribution in [0.1, 0.15) is 0 Å². The Bertz CT molecular complexity index is 438. The Morgan fingerprint density at radius 2 is 1.43 bits per heavy atom. The fraction of sp³-hybridized carbons (Fsp3) is 0.833. The molecule has 13 nitrogen and oxygen atoms in total. The molecule has 0 saturated heterocycles. The monoisotopic (exact) mass is 356 g/mol. The molecule has 21 heavy (non-hydrogen) atoms. The minimum Gasteiger partial charge on any atom is -0.479 e. The normalized spacial score (nSPS) is 18.8. The summed E-state index contributed by atoms with van der Waals surface area (Å²) in [6, 6.07) is 0. The molecule has 0 unspecified atom stereocenters. The topological polar surface area (TPSA) is 232 Å². The van der Waals surface area contributed by atoms with Crippen LogP contribution >= 0.6 is 15.6 Å². The van der Waals surface area contributed by atoms with Gasteiger partial charge < -0.3 is 40.0 Å². The number of aliphatic hydroxyl groups is 3. The number of rotatable bonds is 9. The highest BCUT2D eigenvalue weighted by atomic mass is 31.2. The molecule has 0 aromatic rings. The van der Waals surface area contributed by atoms with E-state index < -0.39 is 52.6 Å². The molecule has 0 aromatic heterocycles. The zero-order chi connectivity index (χ0) is 17.0. The second-order valence-corrected chi connectivity index (χ2v) is 6.12. The SMILES string of the molecule is O=C(O)[C@H](O)[C@@H](O)[C@H](O)[C@@H](COP(=O)(O)O)OP(=O)(O)O. The second kappa shape index (κ2) is 7.72. The highest BCUT2D eigenvalue weighted by Crippen LogP contribution is 2.41. The van der Waals surface area contributed by atoms with Gasteiger partial charge in [-0.1, -0.05) is 0 Å². The van der Waals surface area contributed by atoms with Crippen molar-refractivity contribution in [3.05, 3.63) is 0 Å². The number of hydrogen-bond donors (Lipinski definition) is 8. The third kappa shape index (κ3) is 8.56. The molecule has 0 spiro atoms. The van der Waals surface area contributed by atoms with Crippen molar-refractivity contribution in [3.63, 3.8) is 0 Å². The van der Waals surface area contributed by atoms with Crippen LogP contribution in [0.5, 0.6) is 0 Å². The van der Waals surface area contributed by atoms with E-state index in [4.69, 9.17) is 29.8 Å². The highest BCUT2D eigenvalue weighted by molar-refractivity contribution is 7.46. The third-order valence-electron chi connectivity index (χ3n) is 1.99. The summed E-state index contributed by atoms with van der Waals surface area (Å²) < 4.78 is 28.9. The molecule has 0 radical (unpaired) electrons. The van der Waals surface area contributed by atoms with Crippen molar-refractivity contribution < 1.29 is 63.0 Å². The van der Waals surface area contributed by atoms with E-state index in [-0.39, 0.29) is 0 Å². The van der Waals surface area contributed by atoms with Crippen LogP contribution in [-0.2, 0) is 23.0 Å². The molecule has 0 aromatic carbocycles. The maximum Gasteiger partial charge on any atom is 0.470 e. The lowest BCUT2D eigenvalue weighted by Gasteiger charge is -2.27. The predicted molar refractivity (Wildman–Crippen MR) is 60.6 cm³/mol. The van der Waals surface area contributed by atoms with Gasteiger partial charge in [0.15, 0.2) is 6.10 Å². The van der Waals surface area contributed by atoms with Gasteiger partial charge in [0.05, 0.1) is 6.61 Å². The van der Waals surface area contributed by atoms with E-state index in [9.17, 15) is 24.1 Å². The van der Waals surface area contributed by atoms with Gasteiger partial charge in [-0.05, 0) is 0 Å². The molecule has 0 heterocycles. The van der Waals surface area contributed by atoms with Crippen molar-refractivity contribution in [2.45, 2.75) is 24.4 Å². The Labute approximate surface area is 116 Å². The smallest absolute Gasteiger partial charge is 0.470 e. The average molecular weight is 356 g/mol. The number of hydrogen-bond acceptors (Lipinski definition) is 8. The minimum atomic E-state index is -5.28. The van der Waals surface area contributed by atoms with Crippen LogP contribution in [0.2, 0.25) is 0 Å². The van der Waals surface area contributed by atoms with Gasteiger partial charge in [-0.3, -0.25) is 9.05 Å². The number of phosphoric ester groups is 2. The van der Waals surface area contributed by atoms with Crippen molar-refractivity contribution in [2.75, 3.05) is 6.61 Å². The Morgan fingerprint density at radius 3 is 1.76 bits per heavy atom. The Morgan fingerprint density at radius 1 is 0.952 bits per heavy atom. The van der Waals surface area contributed by atoms with Gasteiger partial charge in [0.25, 0.3) is 0 Å². The fourth-order valence-corrected chi connectivity index (χ4v) is 1.97. The van der Waals surface area contributed by atoms with Crippen molar-refractivity contribution in [3.8, 4) is 0 Å². The Balaban J connectivity index is 5.05. The molecule has 0 aliphatic heterocycles. The van der Waals surface area contributed by atoms with Crippen LogP contribution in [0.15, 0.2) is 0 Å². The number of carboxylic acids is 1. The molecule has 0 bridgehead atoms. The van der Waals surface area contributed by atoms with Gasteiger partial charge in [-0.15, -0.1) is 0 Å². The van der Waals surface area contributed by atoms with E-state index in [2.05, 4.69) is 9.05 Å². The summed E-state index contributed by atoms with van der Waals surface area (Å²) in [4.78, 5) is 44.4. The second-order valence-electron chi connectivity index (χ2n) is 3.69.